The predicted molar refractivity (Wildman–Crippen MR) is 470 cm³/mol. The molecule has 0 N–H and O–H groups in total. The summed E-state index contributed by atoms with van der Waals surface area (Å²) >= 11 is 0. The molecule has 23 rings (SSSR count). The Bertz CT molecular complexity index is 7540. The van der Waals surface area contributed by atoms with E-state index in [0.29, 0.717) is 35.1 Å². The molecule has 0 aliphatic rings. The maximum atomic E-state index is 5.59. The van der Waals surface area contributed by atoms with E-state index in [1.165, 1.54) is 120 Å². The van der Waals surface area contributed by atoms with Crippen molar-refractivity contribution < 1.29 is 13.6 Å². The van der Waals surface area contributed by atoms with Gasteiger partial charge < -0.3 is 27.3 Å². The molecular formula is C104H67N9O3. The summed E-state index contributed by atoms with van der Waals surface area (Å²) in [5.74, 6) is 3.29. The van der Waals surface area contributed by atoms with Crippen molar-refractivity contribution in [3.63, 3.8) is 0 Å². The van der Waals surface area contributed by atoms with Crippen LogP contribution in [0.5, 0.6) is 0 Å². The lowest BCUT2D eigenvalue weighted by Crippen LogP contribution is -1.93. The quantitative estimate of drug-likeness (QED) is 0.117. The second-order valence-corrected chi connectivity index (χ2v) is 28.7. The molecule has 0 aliphatic carbocycles. The number of para-hydroxylation sites is 3. The summed E-state index contributed by atoms with van der Waals surface area (Å²) in [7, 11) is 0. The third-order valence-electron chi connectivity index (χ3n) is 21.8. The number of benzene rings is 17. The average molecular weight is 1490 g/mol. The molecule has 0 amide bonds. The van der Waals surface area contributed by atoms with Gasteiger partial charge in [0.15, 0.2) is 0 Å². The zero-order chi connectivity index (χ0) is 76.8. The Morgan fingerprint density at radius 2 is 0.466 bits per heavy atom. The van der Waals surface area contributed by atoms with E-state index in [1.807, 2.05) is 133 Å². The van der Waals surface area contributed by atoms with Gasteiger partial charge in [0.05, 0.1) is 33.1 Å². The molecule has 0 atom stereocenters. The van der Waals surface area contributed by atoms with E-state index >= 15 is 0 Å². The second kappa shape index (κ2) is 29.4. The summed E-state index contributed by atoms with van der Waals surface area (Å²) in [5, 5.41) is 24.9. The number of hydrogen-bond acceptors (Lipinski definition) is 9. The summed E-state index contributed by atoms with van der Waals surface area (Å²) < 4.78 is 23.7. The van der Waals surface area contributed by atoms with Crippen LogP contribution in [-0.2, 0) is 0 Å². The Hall–Kier alpha value is -15.9. The predicted octanol–water partition coefficient (Wildman–Crippen LogP) is 26.8. The topological polar surface area (TPSA) is 132 Å². The molecule has 6 aromatic heterocycles. The summed E-state index contributed by atoms with van der Waals surface area (Å²) in [4.78, 5) is 13.8. The Morgan fingerprint density at radius 1 is 0.172 bits per heavy atom. The number of rotatable bonds is 12. The highest BCUT2D eigenvalue weighted by atomic mass is 16.5. The highest BCUT2D eigenvalue weighted by molar-refractivity contribution is 6.14. The standard InChI is InChI=1S/2C36H23N3O.C32H21N3O/c1-2-10-25(11-3-1)35-37-36(40-38-35)26-17-20-28(21-18-26)39-33-16-7-6-14-31(33)32-23-27(19-22-34(32)39)30-15-8-12-24-9-4-5-13-29(24)30;1-2-9-25(10-3-1)35-37-36(40-38-35)26-16-19-30(20-17-26)39-33-13-7-6-12-31(33)32-23-29(18-21-34(32)39)28-15-14-24-8-4-5-11-27(24)22-28;1-3-9-22(10-4-1)25-17-20-30-28(21-25)27-13-7-8-14-29(27)35(30)26-18-15-24(16-19-26)32-33-31(34-36-32)23-11-5-2-6-12-23/h2*1-23H;1-21H. The minimum atomic E-state index is 0.507. The minimum Gasteiger partial charge on any atom is -0.334 e. The van der Waals surface area contributed by atoms with Gasteiger partial charge in [-0.1, -0.05) is 288 Å². The van der Waals surface area contributed by atoms with Gasteiger partial charge in [-0.25, -0.2) is 0 Å². The number of aromatic nitrogens is 9. The third kappa shape index (κ3) is 12.7. The summed E-state index contributed by atoms with van der Waals surface area (Å²) in [6.07, 6.45) is 0. The van der Waals surface area contributed by atoms with Gasteiger partial charge in [-0.3, -0.25) is 0 Å². The molecule has 0 unspecified atom stereocenters. The molecule has 0 saturated carbocycles. The first-order chi connectivity index (χ1) is 57.5. The lowest BCUT2D eigenvalue weighted by atomic mass is 9.97. The van der Waals surface area contributed by atoms with Crippen LogP contribution in [0.1, 0.15) is 0 Å². The molecular weight excluding hydrogens is 1420 g/mol. The highest BCUT2D eigenvalue weighted by Gasteiger charge is 2.21. The van der Waals surface area contributed by atoms with Gasteiger partial charge in [0.1, 0.15) is 0 Å². The van der Waals surface area contributed by atoms with Gasteiger partial charge in [-0.2, -0.15) is 15.0 Å². The Balaban J connectivity index is 0.000000109. The first-order valence-electron chi connectivity index (χ1n) is 38.6. The van der Waals surface area contributed by atoms with Crippen LogP contribution >= 0.6 is 0 Å². The molecule has 0 spiro atoms. The van der Waals surface area contributed by atoms with Gasteiger partial charge in [0.25, 0.3) is 17.7 Å². The number of nitrogens with zero attached hydrogens (tertiary/aromatic N) is 9. The Labute approximate surface area is 666 Å². The lowest BCUT2D eigenvalue weighted by molar-refractivity contribution is 0.432. The van der Waals surface area contributed by atoms with E-state index in [0.717, 1.165) is 50.4 Å². The lowest BCUT2D eigenvalue weighted by Gasteiger charge is -2.10. The highest BCUT2D eigenvalue weighted by Crippen LogP contribution is 2.41. The van der Waals surface area contributed by atoms with Crippen molar-refractivity contribution in [2.75, 3.05) is 0 Å². The molecule has 0 radical (unpaired) electrons. The zero-order valence-electron chi connectivity index (χ0n) is 62.4. The molecule has 0 aliphatic heterocycles. The van der Waals surface area contributed by atoms with Crippen molar-refractivity contribution in [3.8, 4) is 119 Å². The minimum absolute atomic E-state index is 0.507. The molecule has 0 saturated heterocycles. The first-order valence-corrected chi connectivity index (χ1v) is 38.6. The van der Waals surface area contributed by atoms with E-state index < -0.39 is 0 Å². The smallest absolute Gasteiger partial charge is 0.258 e. The van der Waals surface area contributed by atoms with Gasteiger partial charge in [0.2, 0.25) is 17.5 Å². The van der Waals surface area contributed by atoms with Crippen LogP contribution in [0, 0.1) is 0 Å². The summed E-state index contributed by atoms with van der Waals surface area (Å²) in [6.45, 7) is 0. The van der Waals surface area contributed by atoms with Crippen LogP contribution in [0.4, 0.5) is 0 Å². The molecule has 0 bridgehead atoms. The van der Waals surface area contributed by atoms with Crippen LogP contribution in [0.15, 0.2) is 420 Å². The number of fused-ring (bicyclic) bond motifs is 11. The van der Waals surface area contributed by atoms with Gasteiger partial charge in [-0.05, 0) is 188 Å². The molecule has 23 aromatic rings. The summed E-state index contributed by atoms with van der Waals surface area (Å²) in [5.41, 5.74) is 23.1. The van der Waals surface area contributed by atoms with Crippen molar-refractivity contribution in [2.24, 2.45) is 0 Å². The maximum Gasteiger partial charge on any atom is 0.258 e. The van der Waals surface area contributed by atoms with Crippen molar-refractivity contribution in [1.29, 1.82) is 0 Å². The van der Waals surface area contributed by atoms with Crippen molar-refractivity contribution >= 4 is 87.0 Å². The fourth-order valence-electron chi connectivity index (χ4n) is 16.2. The van der Waals surface area contributed by atoms with E-state index in [2.05, 4.69) is 317 Å². The normalized spacial score (nSPS) is 11.4. The first kappa shape index (κ1) is 68.1. The molecule has 546 valence electrons. The van der Waals surface area contributed by atoms with Crippen LogP contribution in [0.25, 0.3) is 206 Å². The number of hydrogen-bond donors (Lipinski definition) is 0. The fourth-order valence-corrected chi connectivity index (χ4v) is 16.2. The van der Waals surface area contributed by atoms with Crippen LogP contribution in [0.3, 0.4) is 0 Å². The molecule has 12 heteroatoms. The molecule has 17 aromatic carbocycles. The summed E-state index contributed by atoms with van der Waals surface area (Å²) in [6, 6.07) is 141. The third-order valence-corrected chi connectivity index (χ3v) is 21.8. The van der Waals surface area contributed by atoms with Crippen LogP contribution in [-0.4, -0.2) is 44.1 Å². The van der Waals surface area contributed by atoms with E-state index in [9.17, 15) is 0 Å². The SMILES string of the molecule is c1ccc(-c2ccc3c(c2)c2ccccc2n3-c2ccc(-c3nc(-c4ccccc4)no3)cc2)cc1.c1ccc(-c2noc(-c3ccc(-n4c5ccccc5c5cc(-c6ccc7ccccc7c6)ccc54)cc3)n2)cc1.c1ccc(-c2noc(-c3ccc(-n4c5ccccc5c5cc(-c6cccc7ccccc67)ccc54)cc3)n2)cc1. The van der Waals surface area contributed by atoms with Gasteiger partial charge >= 0.3 is 0 Å². The average Bonchev–Trinajstić information content (AvgIpc) is 1.60. The monoisotopic (exact) mass is 1490 g/mol. The van der Waals surface area contributed by atoms with Gasteiger partial charge in [0, 0.05) is 82.8 Å². The van der Waals surface area contributed by atoms with Crippen molar-refractivity contribution in [3.05, 3.63) is 406 Å². The van der Waals surface area contributed by atoms with Crippen molar-refractivity contribution in [2.45, 2.75) is 0 Å². The van der Waals surface area contributed by atoms with Crippen LogP contribution < -0.4 is 0 Å². The van der Waals surface area contributed by atoms with Crippen molar-refractivity contribution in [1.82, 2.24) is 44.1 Å². The van der Waals surface area contributed by atoms with Gasteiger partial charge in [-0.15, -0.1) is 0 Å². The zero-order valence-corrected chi connectivity index (χ0v) is 62.4. The largest absolute Gasteiger partial charge is 0.334 e. The fraction of sp³-hybridized carbons (Fsp3) is 0. The van der Waals surface area contributed by atoms with E-state index in [1.54, 1.807) is 0 Å². The van der Waals surface area contributed by atoms with Crippen LogP contribution in [0.2, 0.25) is 0 Å². The van der Waals surface area contributed by atoms with E-state index in [4.69, 9.17) is 13.6 Å². The maximum absolute atomic E-state index is 5.59. The second-order valence-electron chi connectivity index (χ2n) is 28.7. The molecule has 6 heterocycles. The molecule has 12 nitrogen and oxygen atoms in total. The van der Waals surface area contributed by atoms with E-state index in [-0.39, 0.29) is 0 Å². The molecule has 0 fully saturated rings. The molecule has 116 heavy (non-hydrogen) atoms. The Kier molecular flexibility index (Phi) is 17.3. The Morgan fingerprint density at radius 3 is 0.888 bits per heavy atom.